The zero-order valence-electron chi connectivity index (χ0n) is 10.5. The van der Waals surface area contributed by atoms with E-state index < -0.39 is 5.76 Å². The van der Waals surface area contributed by atoms with E-state index in [9.17, 15) is 4.79 Å². The molecule has 0 aliphatic carbocycles. The molecule has 2 aromatic carbocycles. The van der Waals surface area contributed by atoms with Crippen molar-refractivity contribution >= 4 is 51.6 Å². The minimum atomic E-state index is -0.483. The highest BCUT2D eigenvalue weighted by Gasteiger charge is 2.10. The third-order valence-corrected chi connectivity index (χ3v) is 4.22. The molecular formula is C14H9Cl3N2O2. The second kappa shape index (κ2) is 5.64. The van der Waals surface area contributed by atoms with Gasteiger partial charge in [-0.1, -0.05) is 34.8 Å². The monoisotopic (exact) mass is 342 g/mol. The minimum Gasteiger partial charge on any atom is -0.408 e. The number of nitrogens with one attached hydrogen (secondary N) is 2. The highest BCUT2D eigenvalue weighted by molar-refractivity contribution is 6.44. The van der Waals surface area contributed by atoms with Gasteiger partial charge in [-0.3, -0.25) is 4.98 Å². The normalized spacial score (nSPS) is 11.0. The first kappa shape index (κ1) is 14.3. The maximum absolute atomic E-state index is 11.1. The molecule has 1 aromatic heterocycles. The van der Waals surface area contributed by atoms with Gasteiger partial charge in [0.1, 0.15) is 0 Å². The Morgan fingerprint density at radius 1 is 1.10 bits per heavy atom. The van der Waals surface area contributed by atoms with Crippen molar-refractivity contribution in [1.29, 1.82) is 0 Å². The van der Waals surface area contributed by atoms with E-state index >= 15 is 0 Å². The molecule has 0 amide bonds. The van der Waals surface area contributed by atoms with E-state index in [1.54, 1.807) is 30.3 Å². The fourth-order valence-electron chi connectivity index (χ4n) is 1.98. The molecule has 0 bridgehead atoms. The predicted octanol–water partition coefficient (Wildman–Crippen LogP) is 4.69. The zero-order valence-corrected chi connectivity index (χ0v) is 12.8. The summed E-state index contributed by atoms with van der Waals surface area (Å²) in [5.41, 5.74) is 2.64. The van der Waals surface area contributed by atoms with Crippen LogP contribution in [0, 0.1) is 0 Å². The van der Waals surface area contributed by atoms with Crippen molar-refractivity contribution in [2.45, 2.75) is 6.54 Å². The predicted molar refractivity (Wildman–Crippen MR) is 85.6 cm³/mol. The smallest absolute Gasteiger partial charge is 0.408 e. The van der Waals surface area contributed by atoms with Gasteiger partial charge in [0.05, 0.1) is 15.6 Å². The molecule has 0 fully saturated rings. The van der Waals surface area contributed by atoms with Crippen molar-refractivity contribution in [1.82, 2.24) is 4.98 Å². The summed E-state index contributed by atoms with van der Waals surface area (Å²) < 4.78 is 4.94. The summed E-state index contributed by atoms with van der Waals surface area (Å²) in [6.07, 6.45) is 0. The van der Waals surface area contributed by atoms with Crippen molar-refractivity contribution in [2.24, 2.45) is 0 Å². The molecule has 4 nitrogen and oxygen atoms in total. The highest BCUT2D eigenvalue weighted by Crippen LogP contribution is 2.32. The van der Waals surface area contributed by atoms with Gasteiger partial charge < -0.3 is 9.73 Å². The Balaban J connectivity index is 1.86. The summed E-state index contributed by atoms with van der Waals surface area (Å²) in [6, 6.07) is 8.62. The van der Waals surface area contributed by atoms with Crippen LogP contribution in [-0.4, -0.2) is 4.98 Å². The van der Waals surface area contributed by atoms with Crippen LogP contribution in [0.4, 0.5) is 5.69 Å². The summed E-state index contributed by atoms with van der Waals surface area (Å²) in [6.45, 7) is 0.409. The van der Waals surface area contributed by atoms with E-state index in [1.165, 1.54) is 0 Å². The summed E-state index contributed by atoms with van der Waals surface area (Å²) in [7, 11) is 0. The Labute approximate surface area is 134 Å². The van der Waals surface area contributed by atoms with E-state index in [4.69, 9.17) is 39.2 Å². The van der Waals surface area contributed by atoms with E-state index in [2.05, 4.69) is 10.3 Å². The van der Waals surface area contributed by atoms with E-state index in [1.807, 2.05) is 0 Å². The standard InChI is InChI=1S/C14H9Cl3N2O2/c15-9-2-3-10(16)13(17)8(9)6-18-7-1-4-12-11(5-7)19-14(20)21-12/h1-5,18H,6H2,(H,19,20). The number of fused-ring (bicyclic) bond motifs is 1. The van der Waals surface area contributed by atoms with Crippen LogP contribution in [0.15, 0.2) is 39.5 Å². The Hall–Kier alpha value is -1.62. The van der Waals surface area contributed by atoms with Crippen LogP contribution in [0.5, 0.6) is 0 Å². The van der Waals surface area contributed by atoms with Gasteiger partial charge in [0, 0.05) is 22.8 Å². The Morgan fingerprint density at radius 3 is 2.67 bits per heavy atom. The van der Waals surface area contributed by atoms with Crippen molar-refractivity contribution in [3.05, 3.63) is 61.5 Å². The van der Waals surface area contributed by atoms with Gasteiger partial charge >= 0.3 is 5.76 Å². The molecule has 0 aliphatic rings. The third-order valence-electron chi connectivity index (χ3n) is 3.03. The second-order valence-electron chi connectivity index (χ2n) is 4.40. The van der Waals surface area contributed by atoms with Gasteiger partial charge in [0.25, 0.3) is 0 Å². The van der Waals surface area contributed by atoms with Crippen LogP contribution >= 0.6 is 34.8 Å². The number of aromatic amines is 1. The van der Waals surface area contributed by atoms with E-state index in [0.717, 1.165) is 5.69 Å². The molecule has 0 saturated carbocycles. The largest absolute Gasteiger partial charge is 0.417 e. The lowest BCUT2D eigenvalue weighted by molar-refractivity contribution is 0.555. The Bertz CT molecular complexity index is 870. The summed E-state index contributed by atoms with van der Waals surface area (Å²) in [5, 5.41) is 4.59. The fourth-order valence-corrected chi connectivity index (χ4v) is 2.66. The summed E-state index contributed by atoms with van der Waals surface area (Å²) >= 11 is 18.2. The van der Waals surface area contributed by atoms with Gasteiger partial charge in [-0.25, -0.2) is 4.79 Å². The fraction of sp³-hybridized carbons (Fsp3) is 0.0714. The van der Waals surface area contributed by atoms with Crippen LogP contribution in [0.1, 0.15) is 5.56 Å². The molecule has 0 unspecified atom stereocenters. The van der Waals surface area contributed by atoms with Crippen molar-refractivity contribution < 1.29 is 4.42 Å². The molecule has 0 aliphatic heterocycles. The summed E-state index contributed by atoms with van der Waals surface area (Å²) in [4.78, 5) is 13.7. The number of hydrogen-bond donors (Lipinski definition) is 2. The molecule has 1 heterocycles. The first-order valence-corrected chi connectivity index (χ1v) is 7.17. The first-order chi connectivity index (χ1) is 10.0. The average molecular weight is 344 g/mol. The van der Waals surface area contributed by atoms with Gasteiger partial charge in [0.2, 0.25) is 0 Å². The number of hydrogen-bond acceptors (Lipinski definition) is 3. The quantitative estimate of drug-likeness (QED) is 0.678. The zero-order chi connectivity index (χ0) is 15.0. The van der Waals surface area contributed by atoms with Crippen molar-refractivity contribution in [3.8, 4) is 0 Å². The minimum absolute atomic E-state index is 0.409. The molecule has 0 radical (unpaired) electrons. The molecule has 0 atom stereocenters. The lowest BCUT2D eigenvalue weighted by Crippen LogP contribution is -2.01. The van der Waals surface area contributed by atoms with Crippen LogP contribution in [0.25, 0.3) is 11.1 Å². The number of halogens is 3. The maximum atomic E-state index is 11.1. The average Bonchev–Trinajstić information content (AvgIpc) is 2.82. The second-order valence-corrected chi connectivity index (χ2v) is 5.59. The Morgan fingerprint density at radius 2 is 1.86 bits per heavy atom. The molecule has 0 spiro atoms. The van der Waals surface area contributed by atoms with Crippen LogP contribution in [0.3, 0.4) is 0 Å². The van der Waals surface area contributed by atoms with E-state index in [0.29, 0.717) is 38.3 Å². The van der Waals surface area contributed by atoms with Crippen LogP contribution in [0.2, 0.25) is 15.1 Å². The highest BCUT2D eigenvalue weighted by atomic mass is 35.5. The number of anilines is 1. The number of oxazole rings is 1. The number of aromatic nitrogens is 1. The van der Waals surface area contributed by atoms with Crippen molar-refractivity contribution in [2.75, 3.05) is 5.32 Å². The van der Waals surface area contributed by atoms with Gasteiger partial charge in [0.15, 0.2) is 5.58 Å². The third kappa shape index (κ3) is 2.88. The van der Waals surface area contributed by atoms with E-state index in [-0.39, 0.29) is 0 Å². The first-order valence-electron chi connectivity index (χ1n) is 6.04. The van der Waals surface area contributed by atoms with Crippen molar-refractivity contribution in [3.63, 3.8) is 0 Å². The molecule has 2 N–H and O–H groups in total. The van der Waals surface area contributed by atoms with Gasteiger partial charge in [-0.2, -0.15) is 0 Å². The molecular weight excluding hydrogens is 335 g/mol. The lowest BCUT2D eigenvalue weighted by Gasteiger charge is -2.11. The van der Waals surface area contributed by atoms with Crippen LogP contribution in [-0.2, 0) is 6.54 Å². The van der Waals surface area contributed by atoms with Gasteiger partial charge in [-0.05, 0) is 30.3 Å². The Kier molecular flexibility index (Phi) is 3.85. The molecule has 7 heteroatoms. The van der Waals surface area contributed by atoms with Gasteiger partial charge in [-0.15, -0.1) is 0 Å². The molecule has 0 saturated heterocycles. The molecule has 3 rings (SSSR count). The van der Waals surface area contributed by atoms with Crippen LogP contribution < -0.4 is 11.1 Å². The maximum Gasteiger partial charge on any atom is 0.417 e. The topological polar surface area (TPSA) is 58.0 Å². The molecule has 21 heavy (non-hydrogen) atoms. The number of rotatable bonds is 3. The molecule has 108 valence electrons. The lowest BCUT2D eigenvalue weighted by atomic mass is 10.2. The summed E-state index contributed by atoms with van der Waals surface area (Å²) in [5.74, 6) is -0.483. The SMILES string of the molecule is O=c1[nH]c2cc(NCc3c(Cl)ccc(Cl)c3Cl)ccc2o1. The number of benzene rings is 2. The molecule has 3 aromatic rings. The number of H-pyrrole nitrogens is 1.